The van der Waals surface area contributed by atoms with Crippen molar-refractivity contribution in [2.45, 2.75) is 115 Å². The maximum atomic E-state index is 13.3. The lowest BCUT2D eigenvalue weighted by Gasteiger charge is -2.29. The molecule has 0 bridgehead atoms. The van der Waals surface area contributed by atoms with Crippen LogP contribution >= 0.6 is 0 Å². The second-order valence-corrected chi connectivity index (χ2v) is 12.6. The number of aliphatic hydroxyl groups is 1. The summed E-state index contributed by atoms with van der Waals surface area (Å²) in [4.78, 5) is 63.0. The third-order valence-corrected chi connectivity index (χ3v) is 8.05. The summed E-state index contributed by atoms with van der Waals surface area (Å²) >= 11 is 0. The van der Waals surface area contributed by atoms with Gasteiger partial charge in [0.1, 0.15) is 17.6 Å². The number of hydrogen-bond donors (Lipinski definition) is 5. The maximum absolute atomic E-state index is 13.3. The number of benzene rings is 1. The van der Waals surface area contributed by atoms with Crippen LogP contribution < -0.4 is 10.1 Å². The summed E-state index contributed by atoms with van der Waals surface area (Å²) in [6, 6.07) is 5.19. The second-order valence-electron chi connectivity index (χ2n) is 12.6. The van der Waals surface area contributed by atoms with Gasteiger partial charge in [-0.3, -0.25) is 14.4 Å². The SMILES string of the molecule is CCCCCCCC(=O)CCCCCCC=C[C@H](C(=O)N[C@@H](Cc1ccc(OCCCN(C)C)cc1)C(=O)O)[C@@](O)(CC(=O)O)C(=O)O. The normalized spacial score (nSPS) is 13.9. The average Bonchev–Trinajstić information content (AvgIpc) is 3.01. The Morgan fingerprint density at radius 1 is 0.875 bits per heavy atom. The molecule has 0 heterocycles. The smallest absolute Gasteiger partial charge is 0.337 e. The van der Waals surface area contributed by atoms with Crippen molar-refractivity contribution in [3.63, 3.8) is 0 Å². The quantitative estimate of drug-likeness (QED) is 0.0602. The van der Waals surface area contributed by atoms with Crippen LogP contribution in [-0.4, -0.2) is 93.8 Å². The van der Waals surface area contributed by atoms with Gasteiger partial charge < -0.3 is 35.4 Å². The number of nitrogens with one attached hydrogen (secondary N) is 1. The number of unbranched alkanes of at least 4 members (excludes halogenated alkanes) is 8. The number of amides is 1. The number of ether oxygens (including phenoxy) is 1. The number of allylic oxidation sites excluding steroid dienone is 1. The van der Waals surface area contributed by atoms with Gasteiger partial charge in [0.25, 0.3) is 0 Å². The third-order valence-electron chi connectivity index (χ3n) is 8.05. The van der Waals surface area contributed by atoms with Gasteiger partial charge in [-0.2, -0.15) is 0 Å². The van der Waals surface area contributed by atoms with E-state index in [-0.39, 0.29) is 12.2 Å². The zero-order chi connectivity index (χ0) is 36.0. The van der Waals surface area contributed by atoms with Crippen LogP contribution in [-0.2, 0) is 30.4 Å². The summed E-state index contributed by atoms with van der Waals surface area (Å²) in [6.45, 7) is 3.51. The van der Waals surface area contributed by atoms with Gasteiger partial charge in [0.05, 0.1) is 18.9 Å². The summed E-state index contributed by atoms with van der Waals surface area (Å²) in [5, 5.41) is 42.1. The molecular formula is C36H56N2O10. The summed E-state index contributed by atoms with van der Waals surface area (Å²) in [6.07, 6.45) is 12.1. The Kier molecular flexibility index (Phi) is 20.7. The van der Waals surface area contributed by atoms with Crippen molar-refractivity contribution < 1.29 is 49.1 Å². The van der Waals surface area contributed by atoms with Crippen molar-refractivity contribution >= 4 is 29.6 Å². The minimum absolute atomic E-state index is 0.149. The van der Waals surface area contributed by atoms with Gasteiger partial charge in [-0.15, -0.1) is 0 Å². The highest BCUT2D eigenvalue weighted by atomic mass is 16.5. The zero-order valence-corrected chi connectivity index (χ0v) is 28.8. The minimum atomic E-state index is -3.02. The van der Waals surface area contributed by atoms with Crippen molar-refractivity contribution in [2.24, 2.45) is 5.92 Å². The number of Topliss-reactive ketones (excluding diaryl/α,β-unsaturated/α-hetero) is 1. The molecule has 12 heteroatoms. The van der Waals surface area contributed by atoms with Crippen LogP contribution in [0.15, 0.2) is 36.4 Å². The molecule has 270 valence electrons. The molecule has 3 atom stereocenters. The van der Waals surface area contributed by atoms with E-state index < -0.39 is 47.8 Å². The van der Waals surface area contributed by atoms with E-state index in [0.29, 0.717) is 43.6 Å². The lowest BCUT2D eigenvalue weighted by molar-refractivity contribution is -0.172. The van der Waals surface area contributed by atoms with Gasteiger partial charge in [-0.25, -0.2) is 9.59 Å². The van der Waals surface area contributed by atoms with Crippen molar-refractivity contribution in [1.82, 2.24) is 10.2 Å². The van der Waals surface area contributed by atoms with Gasteiger partial charge in [-0.1, -0.05) is 69.7 Å². The van der Waals surface area contributed by atoms with Crippen LogP contribution in [0.25, 0.3) is 0 Å². The highest BCUT2D eigenvalue weighted by Gasteiger charge is 2.49. The van der Waals surface area contributed by atoms with Crippen molar-refractivity contribution in [3.8, 4) is 5.75 Å². The molecule has 0 spiro atoms. The number of aliphatic carboxylic acids is 3. The molecule has 1 amide bonds. The predicted molar refractivity (Wildman–Crippen MR) is 182 cm³/mol. The zero-order valence-electron chi connectivity index (χ0n) is 28.8. The van der Waals surface area contributed by atoms with Crippen LogP contribution in [0.5, 0.6) is 5.75 Å². The number of carboxylic acid groups (broad SMARTS) is 3. The molecule has 0 radical (unpaired) electrons. The minimum Gasteiger partial charge on any atom is -0.494 e. The molecule has 1 rings (SSSR count). The molecule has 0 aliphatic heterocycles. The Morgan fingerprint density at radius 2 is 1.48 bits per heavy atom. The monoisotopic (exact) mass is 676 g/mol. The van der Waals surface area contributed by atoms with Gasteiger partial charge in [0.2, 0.25) is 5.91 Å². The molecule has 0 saturated heterocycles. The number of rotatable bonds is 28. The standard InChI is InChI=1S/C36H56N2O10/c1-4-5-6-9-12-16-28(39)17-13-10-7-8-11-14-18-30(36(47,35(45)46)26-32(40)41)33(42)37-31(34(43)44)25-27-19-21-29(22-20-27)48-24-15-23-38(2)3/h14,18-22,30-31,47H,4-13,15-17,23-26H2,1-3H3,(H,37,42)(H,40,41)(H,43,44)(H,45,46)/t30-,31+,36+/m1/s1. The first-order valence-corrected chi connectivity index (χ1v) is 17.1. The van der Waals surface area contributed by atoms with Gasteiger partial charge in [-0.05, 0) is 63.9 Å². The van der Waals surface area contributed by atoms with E-state index in [9.17, 15) is 44.4 Å². The van der Waals surface area contributed by atoms with Crippen LogP contribution in [0.4, 0.5) is 0 Å². The fraction of sp³-hybridized carbons (Fsp3) is 0.639. The first kappa shape index (κ1) is 42.3. The molecule has 12 nitrogen and oxygen atoms in total. The largest absolute Gasteiger partial charge is 0.494 e. The average molecular weight is 677 g/mol. The topological polar surface area (TPSA) is 191 Å². The summed E-state index contributed by atoms with van der Waals surface area (Å²) < 4.78 is 5.69. The third kappa shape index (κ3) is 17.4. The number of hydrogen-bond acceptors (Lipinski definition) is 8. The fourth-order valence-corrected chi connectivity index (χ4v) is 5.22. The Bertz CT molecular complexity index is 1170. The van der Waals surface area contributed by atoms with Crippen molar-refractivity contribution in [1.29, 1.82) is 0 Å². The second kappa shape index (κ2) is 23.5. The molecule has 0 aliphatic rings. The molecular weight excluding hydrogens is 620 g/mol. The molecule has 0 unspecified atom stereocenters. The van der Waals surface area contributed by atoms with Gasteiger partial charge >= 0.3 is 17.9 Å². The van der Waals surface area contributed by atoms with Crippen LogP contribution in [0.2, 0.25) is 0 Å². The molecule has 5 N–H and O–H groups in total. The van der Waals surface area contributed by atoms with Crippen LogP contribution in [0.3, 0.4) is 0 Å². The van der Waals surface area contributed by atoms with E-state index >= 15 is 0 Å². The van der Waals surface area contributed by atoms with E-state index in [1.54, 1.807) is 24.3 Å². The Balaban J connectivity index is 2.81. The molecule has 0 aromatic heterocycles. The first-order chi connectivity index (χ1) is 22.8. The summed E-state index contributed by atoms with van der Waals surface area (Å²) in [5.74, 6) is -7.08. The number of nitrogens with zero attached hydrogens (tertiary/aromatic N) is 1. The molecule has 48 heavy (non-hydrogen) atoms. The number of carboxylic acids is 3. The highest BCUT2D eigenvalue weighted by Crippen LogP contribution is 2.26. The Labute approximate surface area is 284 Å². The lowest BCUT2D eigenvalue weighted by Crippen LogP contribution is -2.55. The van der Waals surface area contributed by atoms with Crippen LogP contribution in [0, 0.1) is 5.92 Å². The fourth-order valence-electron chi connectivity index (χ4n) is 5.22. The molecule has 1 aromatic rings. The molecule has 1 aromatic carbocycles. The summed E-state index contributed by atoms with van der Waals surface area (Å²) in [7, 11) is 3.93. The Hall–Kier alpha value is -3.77. The number of carbonyl (C=O) groups is 5. The number of carbonyl (C=O) groups excluding carboxylic acids is 2. The highest BCUT2D eigenvalue weighted by molar-refractivity contribution is 5.94. The van der Waals surface area contributed by atoms with Gasteiger partial charge in [0, 0.05) is 25.8 Å². The van der Waals surface area contributed by atoms with Crippen molar-refractivity contribution in [3.05, 3.63) is 42.0 Å². The van der Waals surface area contributed by atoms with Gasteiger partial charge in [0.15, 0.2) is 5.60 Å². The lowest BCUT2D eigenvalue weighted by atomic mass is 9.82. The number of ketones is 1. The molecule has 0 fully saturated rings. The molecule has 0 aliphatic carbocycles. The van der Waals surface area contributed by atoms with E-state index in [0.717, 1.165) is 64.0 Å². The van der Waals surface area contributed by atoms with E-state index in [1.807, 2.05) is 19.0 Å². The predicted octanol–water partition coefficient (Wildman–Crippen LogP) is 4.86. The maximum Gasteiger partial charge on any atom is 0.337 e. The van der Waals surface area contributed by atoms with E-state index in [2.05, 4.69) is 12.2 Å². The molecule has 0 saturated carbocycles. The van der Waals surface area contributed by atoms with Crippen LogP contribution in [0.1, 0.15) is 102 Å². The Morgan fingerprint density at radius 3 is 2.02 bits per heavy atom. The van der Waals surface area contributed by atoms with E-state index in [1.165, 1.54) is 12.5 Å². The van der Waals surface area contributed by atoms with Crippen molar-refractivity contribution in [2.75, 3.05) is 27.2 Å². The van der Waals surface area contributed by atoms with E-state index in [4.69, 9.17) is 4.74 Å². The summed E-state index contributed by atoms with van der Waals surface area (Å²) in [5.41, 5.74) is -2.46. The first-order valence-electron chi connectivity index (χ1n) is 17.1.